The molecule has 0 fully saturated rings. The number of aromatic nitrogens is 1. The van der Waals surface area contributed by atoms with Crippen molar-refractivity contribution in [3.63, 3.8) is 0 Å². The van der Waals surface area contributed by atoms with Gasteiger partial charge in [0.2, 0.25) is 0 Å². The number of benzene rings is 1. The van der Waals surface area contributed by atoms with Crippen molar-refractivity contribution in [1.29, 1.82) is 0 Å². The third kappa shape index (κ3) is 4.11. The minimum Gasteiger partial charge on any atom is -0.497 e. The lowest BCUT2D eigenvalue weighted by Crippen LogP contribution is -2.21. The molecule has 1 N–H and O–H groups in total. The molecule has 2 rings (SSSR count). The normalized spacial score (nSPS) is 12.6. The number of hydrogen-bond donors (Lipinski definition) is 1. The Morgan fingerprint density at radius 2 is 1.86 bits per heavy atom. The summed E-state index contributed by atoms with van der Waals surface area (Å²) in [7, 11) is 3.72. The summed E-state index contributed by atoms with van der Waals surface area (Å²) >= 11 is 0. The molecule has 0 saturated heterocycles. The predicted octanol–water partition coefficient (Wildman–Crippen LogP) is 3.66. The van der Waals surface area contributed by atoms with Gasteiger partial charge in [-0.15, -0.1) is 0 Å². The number of nitrogens with one attached hydrogen (secondary N) is 1. The first-order valence-corrected chi connectivity index (χ1v) is 7.60. The van der Waals surface area contributed by atoms with E-state index in [1.54, 1.807) is 7.11 Å². The van der Waals surface area contributed by atoms with Gasteiger partial charge in [-0.25, -0.2) is 0 Å². The lowest BCUT2D eigenvalue weighted by Gasteiger charge is -2.18. The van der Waals surface area contributed by atoms with Gasteiger partial charge in [-0.1, -0.05) is 26.0 Å². The Hall–Kier alpha value is -1.74. The maximum absolute atomic E-state index is 5.18. The van der Waals surface area contributed by atoms with E-state index in [9.17, 15) is 0 Å². The van der Waals surface area contributed by atoms with Gasteiger partial charge in [-0.2, -0.15) is 0 Å². The molecule has 3 heteroatoms. The molecule has 0 saturated carbocycles. The van der Waals surface area contributed by atoms with Crippen molar-refractivity contribution in [1.82, 2.24) is 9.88 Å². The second-order valence-electron chi connectivity index (χ2n) is 5.79. The van der Waals surface area contributed by atoms with Crippen LogP contribution < -0.4 is 10.1 Å². The Balaban J connectivity index is 1.95. The van der Waals surface area contributed by atoms with Crippen molar-refractivity contribution < 1.29 is 4.74 Å². The van der Waals surface area contributed by atoms with Crippen molar-refractivity contribution in [3.05, 3.63) is 53.9 Å². The van der Waals surface area contributed by atoms with Gasteiger partial charge < -0.3 is 14.6 Å². The molecule has 1 aromatic heterocycles. The van der Waals surface area contributed by atoms with Crippen LogP contribution in [0.15, 0.2) is 42.7 Å². The molecule has 114 valence electrons. The lowest BCUT2D eigenvalue weighted by atomic mass is 9.99. The highest BCUT2D eigenvalue weighted by Gasteiger charge is 2.14. The number of nitrogens with zero attached hydrogens (tertiary/aromatic N) is 1. The minimum atomic E-state index is 0.423. The standard InChI is InChI=1S/C18H26N2O/c1-14(2)18(19-3)16-10-12-20(13-16)11-9-15-5-7-17(21-4)8-6-15/h5-8,10,12-14,18-19H,9,11H2,1-4H3. The molecule has 1 aromatic carbocycles. The van der Waals surface area contributed by atoms with E-state index in [4.69, 9.17) is 4.74 Å². The zero-order valence-electron chi connectivity index (χ0n) is 13.5. The van der Waals surface area contributed by atoms with Gasteiger partial charge >= 0.3 is 0 Å². The number of methoxy groups -OCH3 is 1. The first-order valence-electron chi connectivity index (χ1n) is 7.60. The van der Waals surface area contributed by atoms with Crippen LogP contribution in [0.4, 0.5) is 0 Å². The largest absolute Gasteiger partial charge is 0.497 e. The van der Waals surface area contributed by atoms with E-state index in [1.807, 2.05) is 19.2 Å². The molecule has 21 heavy (non-hydrogen) atoms. The predicted molar refractivity (Wildman–Crippen MR) is 87.8 cm³/mol. The molecule has 3 nitrogen and oxygen atoms in total. The number of ether oxygens (including phenoxy) is 1. The molecule has 0 spiro atoms. The molecular weight excluding hydrogens is 260 g/mol. The van der Waals surface area contributed by atoms with Gasteiger partial charge in [0, 0.05) is 25.0 Å². The Morgan fingerprint density at radius 3 is 2.43 bits per heavy atom. The monoisotopic (exact) mass is 286 g/mol. The van der Waals surface area contributed by atoms with E-state index in [0.717, 1.165) is 18.7 Å². The number of hydrogen-bond acceptors (Lipinski definition) is 2. The third-order valence-corrected chi connectivity index (χ3v) is 3.93. The van der Waals surface area contributed by atoms with Crippen LogP contribution in [0.1, 0.15) is 31.0 Å². The van der Waals surface area contributed by atoms with Crippen LogP contribution in [0.3, 0.4) is 0 Å². The highest BCUT2D eigenvalue weighted by atomic mass is 16.5. The summed E-state index contributed by atoms with van der Waals surface area (Å²) in [5.41, 5.74) is 2.70. The summed E-state index contributed by atoms with van der Waals surface area (Å²) < 4.78 is 7.45. The number of aryl methyl sites for hydroxylation is 2. The lowest BCUT2D eigenvalue weighted by molar-refractivity contribution is 0.414. The maximum Gasteiger partial charge on any atom is 0.118 e. The highest BCUT2D eigenvalue weighted by Crippen LogP contribution is 2.21. The van der Waals surface area contributed by atoms with Crippen LogP contribution in [-0.4, -0.2) is 18.7 Å². The number of rotatable bonds is 7. The molecular formula is C18H26N2O. The van der Waals surface area contributed by atoms with E-state index in [1.165, 1.54) is 11.1 Å². The quantitative estimate of drug-likeness (QED) is 0.840. The van der Waals surface area contributed by atoms with E-state index < -0.39 is 0 Å². The fourth-order valence-corrected chi connectivity index (χ4v) is 2.72. The third-order valence-electron chi connectivity index (χ3n) is 3.93. The van der Waals surface area contributed by atoms with E-state index in [0.29, 0.717) is 12.0 Å². The summed E-state index contributed by atoms with van der Waals surface area (Å²) in [6, 6.07) is 10.9. The van der Waals surface area contributed by atoms with Crippen LogP contribution in [0, 0.1) is 5.92 Å². The van der Waals surface area contributed by atoms with Gasteiger partial charge in [0.25, 0.3) is 0 Å². The van der Waals surface area contributed by atoms with E-state index >= 15 is 0 Å². The second-order valence-corrected chi connectivity index (χ2v) is 5.79. The van der Waals surface area contributed by atoms with Crippen molar-refractivity contribution >= 4 is 0 Å². The summed E-state index contributed by atoms with van der Waals surface area (Å²) in [6.45, 7) is 5.49. The summed E-state index contributed by atoms with van der Waals surface area (Å²) in [6.07, 6.45) is 5.46. The molecule has 2 aromatic rings. The molecule has 1 unspecified atom stereocenters. The molecule has 0 radical (unpaired) electrons. The average molecular weight is 286 g/mol. The van der Waals surface area contributed by atoms with Gasteiger partial charge in [0.05, 0.1) is 7.11 Å². The van der Waals surface area contributed by atoms with Crippen molar-refractivity contribution in [2.24, 2.45) is 5.92 Å². The van der Waals surface area contributed by atoms with Crippen molar-refractivity contribution in [2.45, 2.75) is 32.9 Å². The Morgan fingerprint density at radius 1 is 1.14 bits per heavy atom. The van der Waals surface area contributed by atoms with Gasteiger partial charge in [0.1, 0.15) is 5.75 Å². The van der Waals surface area contributed by atoms with Gasteiger partial charge in [0.15, 0.2) is 0 Å². The fraction of sp³-hybridized carbons (Fsp3) is 0.444. The van der Waals surface area contributed by atoms with Crippen LogP contribution in [0.25, 0.3) is 0 Å². The summed E-state index contributed by atoms with van der Waals surface area (Å²) in [5.74, 6) is 1.50. The molecule has 1 heterocycles. The Bertz CT molecular complexity index is 543. The zero-order valence-corrected chi connectivity index (χ0v) is 13.5. The van der Waals surface area contributed by atoms with E-state index in [2.05, 4.69) is 54.3 Å². The Kier molecular flexibility index (Phi) is 5.45. The highest BCUT2D eigenvalue weighted by molar-refractivity contribution is 5.27. The van der Waals surface area contributed by atoms with Crippen LogP contribution in [-0.2, 0) is 13.0 Å². The first kappa shape index (κ1) is 15.6. The molecule has 1 atom stereocenters. The first-order chi connectivity index (χ1) is 10.1. The SMILES string of the molecule is CNC(c1ccn(CCc2ccc(OC)cc2)c1)C(C)C. The van der Waals surface area contributed by atoms with Crippen molar-refractivity contribution in [2.75, 3.05) is 14.2 Å². The summed E-state index contributed by atoms with van der Waals surface area (Å²) in [4.78, 5) is 0. The minimum absolute atomic E-state index is 0.423. The van der Waals surface area contributed by atoms with Crippen LogP contribution >= 0.6 is 0 Å². The van der Waals surface area contributed by atoms with Crippen LogP contribution in [0.2, 0.25) is 0 Å². The van der Waals surface area contributed by atoms with Crippen molar-refractivity contribution in [3.8, 4) is 5.75 Å². The smallest absolute Gasteiger partial charge is 0.118 e. The molecule has 0 bridgehead atoms. The van der Waals surface area contributed by atoms with Crippen LogP contribution in [0.5, 0.6) is 5.75 Å². The van der Waals surface area contributed by atoms with Gasteiger partial charge in [-0.3, -0.25) is 0 Å². The molecule has 0 aliphatic carbocycles. The zero-order chi connectivity index (χ0) is 15.2. The molecule has 0 aliphatic heterocycles. The average Bonchev–Trinajstić information content (AvgIpc) is 2.94. The topological polar surface area (TPSA) is 26.2 Å². The van der Waals surface area contributed by atoms with E-state index in [-0.39, 0.29) is 0 Å². The molecule has 0 amide bonds. The Labute approximate surface area is 127 Å². The summed E-state index contributed by atoms with van der Waals surface area (Å²) in [5, 5.41) is 3.39. The maximum atomic E-state index is 5.18. The van der Waals surface area contributed by atoms with Gasteiger partial charge in [-0.05, 0) is 48.7 Å². The molecule has 0 aliphatic rings. The fourth-order valence-electron chi connectivity index (χ4n) is 2.72. The second kappa shape index (κ2) is 7.32.